The van der Waals surface area contributed by atoms with Gasteiger partial charge in [0, 0.05) is 6.61 Å². The second kappa shape index (κ2) is 47.1. The van der Waals surface area contributed by atoms with Crippen LogP contribution in [-0.4, -0.2) is 23.9 Å². The van der Waals surface area contributed by atoms with Crippen molar-refractivity contribution in [2.24, 2.45) is 0 Å². The Labute approximate surface area is 331 Å². The van der Waals surface area contributed by atoms with Crippen molar-refractivity contribution in [3.05, 3.63) is 0 Å². The maximum absolute atomic E-state index is 11.0. The molecule has 0 saturated carbocycles. The van der Waals surface area contributed by atoms with Crippen molar-refractivity contribution in [1.82, 2.24) is 0 Å². The van der Waals surface area contributed by atoms with Crippen LogP contribution in [0.25, 0.3) is 0 Å². The molecule has 2 heteroatoms. The molecule has 0 fully saturated rings. The zero-order chi connectivity index (χ0) is 37.7. The summed E-state index contributed by atoms with van der Waals surface area (Å²) in [5.41, 5.74) is 0. The Kier molecular flexibility index (Phi) is 47.0. The number of ether oxygens (including phenoxy) is 1. The largest absolute Gasteiger partial charge is 0.393 e. The first-order valence-corrected chi connectivity index (χ1v) is 25.0. The molecule has 0 aliphatic heterocycles. The third-order valence-corrected chi connectivity index (χ3v) is 11.9. The number of hydrogen-bond acceptors (Lipinski definition) is 2. The lowest BCUT2D eigenvalue weighted by Crippen LogP contribution is -2.21. The first-order valence-electron chi connectivity index (χ1n) is 25.0. The predicted molar refractivity (Wildman–Crippen MR) is 236 cm³/mol. The Morgan fingerprint density at radius 3 is 0.808 bits per heavy atom. The van der Waals surface area contributed by atoms with Gasteiger partial charge < -0.3 is 9.84 Å². The maximum atomic E-state index is 11.0. The van der Waals surface area contributed by atoms with Crippen LogP contribution in [0, 0.1) is 0 Å². The minimum Gasteiger partial charge on any atom is -0.393 e. The normalized spacial score (nSPS) is 12.9. The van der Waals surface area contributed by atoms with E-state index in [2.05, 4.69) is 20.8 Å². The molecule has 1 N–H and O–H groups in total. The van der Waals surface area contributed by atoms with Crippen LogP contribution in [0.3, 0.4) is 0 Å². The second-order valence-corrected chi connectivity index (χ2v) is 17.4. The van der Waals surface area contributed by atoms with E-state index in [0.717, 1.165) is 25.9 Å². The summed E-state index contributed by atoms with van der Waals surface area (Å²) in [4.78, 5) is 0. The molecular weight excluding hydrogens is 633 g/mol. The molecule has 0 saturated heterocycles. The highest BCUT2D eigenvalue weighted by atomic mass is 16.5. The summed E-state index contributed by atoms with van der Waals surface area (Å²) in [6.45, 7) is 7.81. The topological polar surface area (TPSA) is 29.5 Å². The van der Waals surface area contributed by atoms with Crippen LogP contribution in [-0.2, 0) is 4.74 Å². The summed E-state index contributed by atoms with van der Waals surface area (Å²) in [6, 6.07) is 0. The summed E-state index contributed by atoms with van der Waals surface area (Å²) in [7, 11) is 0. The lowest BCUT2D eigenvalue weighted by molar-refractivity contribution is 0.00369. The SMILES string of the molecule is CCCCCCCCCCCCCCCCCC(CC(O)CCCCCCCCCCCCCC)OCCCCCCCCCCCCCCCC. The van der Waals surface area contributed by atoms with E-state index in [1.807, 2.05) is 0 Å². The quantitative estimate of drug-likeness (QED) is 0.0631. The molecule has 0 bridgehead atoms. The molecule has 2 atom stereocenters. The highest BCUT2D eigenvalue weighted by Gasteiger charge is 2.15. The Hall–Kier alpha value is -0.0800. The van der Waals surface area contributed by atoms with Gasteiger partial charge in [0.05, 0.1) is 12.2 Å². The van der Waals surface area contributed by atoms with Gasteiger partial charge in [0.1, 0.15) is 0 Å². The van der Waals surface area contributed by atoms with Crippen molar-refractivity contribution in [3.8, 4) is 0 Å². The first-order chi connectivity index (χ1) is 25.7. The van der Waals surface area contributed by atoms with Gasteiger partial charge in [-0.1, -0.05) is 278 Å². The average molecular weight is 735 g/mol. The Bertz CT molecular complexity index is 571. The molecule has 52 heavy (non-hydrogen) atoms. The highest BCUT2D eigenvalue weighted by molar-refractivity contribution is 4.67. The molecule has 0 amide bonds. The fourth-order valence-corrected chi connectivity index (χ4v) is 8.20. The molecule has 2 unspecified atom stereocenters. The molecule has 0 rings (SSSR count). The highest BCUT2D eigenvalue weighted by Crippen LogP contribution is 2.20. The summed E-state index contributed by atoms with van der Waals surface area (Å²) >= 11 is 0. The van der Waals surface area contributed by atoms with E-state index < -0.39 is 0 Å². The minimum absolute atomic E-state index is 0.180. The van der Waals surface area contributed by atoms with E-state index in [9.17, 15) is 5.11 Å². The van der Waals surface area contributed by atoms with Crippen molar-refractivity contribution in [2.75, 3.05) is 6.61 Å². The Balaban J connectivity index is 4.06. The van der Waals surface area contributed by atoms with Crippen molar-refractivity contribution in [1.29, 1.82) is 0 Å². The monoisotopic (exact) mass is 735 g/mol. The van der Waals surface area contributed by atoms with Crippen LogP contribution in [0.1, 0.15) is 303 Å². The van der Waals surface area contributed by atoms with Gasteiger partial charge in [0.2, 0.25) is 0 Å². The lowest BCUT2D eigenvalue weighted by Gasteiger charge is -2.21. The van der Waals surface area contributed by atoms with Gasteiger partial charge >= 0.3 is 0 Å². The minimum atomic E-state index is -0.180. The van der Waals surface area contributed by atoms with Crippen LogP contribution in [0.15, 0.2) is 0 Å². The summed E-state index contributed by atoms with van der Waals surface area (Å²) in [5.74, 6) is 0. The molecule has 0 spiro atoms. The van der Waals surface area contributed by atoms with Crippen molar-refractivity contribution >= 4 is 0 Å². The van der Waals surface area contributed by atoms with E-state index in [0.29, 0.717) is 0 Å². The summed E-state index contributed by atoms with van der Waals surface area (Å²) in [5, 5.41) is 11.0. The molecule has 0 aliphatic rings. The molecule has 0 aromatic heterocycles. The van der Waals surface area contributed by atoms with Gasteiger partial charge in [-0.2, -0.15) is 0 Å². The zero-order valence-corrected chi connectivity index (χ0v) is 36.8. The van der Waals surface area contributed by atoms with Gasteiger partial charge in [0.25, 0.3) is 0 Å². The Morgan fingerprint density at radius 1 is 0.288 bits per heavy atom. The summed E-state index contributed by atoms with van der Waals surface area (Å²) in [6.07, 6.45) is 60.4. The molecule has 0 radical (unpaired) electrons. The van der Waals surface area contributed by atoms with Crippen molar-refractivity contribution in [3.63, 3.8) is 0 Å². The van der Waals surface area contributed by atoms with Crippen LogP contribution in [0.2, 0.25) is 0 Å². The molecule has 0 aliphatic carbocycles. The number of rotatable bonds is 47. The zero-order valence-electron chi connectivity index (χ0n) is 36.8. The average Bonchev–Trinajstić information content (AvgIpc) is 3.15. The standard InChI is InChI=1S/C50H102O2/c1-4-7-10-13-16-19-22-25-27-28-31-34-37-40-43-46-50(48-49(51)45-42-39-36-33-30-24-21-18-15-12-9-6-3)52-47-44-41-38-35-32-29-26-23-20-17-14-11-8-5-2/h49-51H,4-48H2,1-3H3. The lowest BCUT2D eigenvalue weighted by atomic mass is 9.99. The molecule has 2 nitrogen and oxygen atoms in total. The molecule has 314 valence electrons. The van der Waals surface area contributed by atoms with Crippen LogP contribution in [0.4, 0.5) is 0 Å². The molecule has 0 heterocycles. The van der Waals surface area contributed by atoms with Crippen LogP contribution in [0.5, 0.6) is 0 Å². The van der Waals surface area contributed by atoms with E-state index in [-0.39, 0.29) is 12.2 Å². The van der Waals surface area contributed by atoms with Gasteiger partial charge in [0.15, 0.2) is 0 Å². The maximum Gasteiger partial charge on any atom is 0.0599 e. The number of aliphatic hydroxyl groups excluding tert-OH is 1. The van der Waals surface area contributed by atoms with E-state index in [1.54, 1.807) is 0 Å². The fraction of sp³-hybridized carbons (Fsp3) is 1.00. The Morgan fingerprint density at radius 2 is 0.519 bits per heavy atom. The third kappa shape index (κ3) is 44.3. The molecule has 0 aromatic rings. The smallest absolute Gasteiger partial charge is 0.0599 e. The van der Waals surface area contributed by atoms with Gasteiger partial charge in [-0.05, 0) is 25.7 Å². The van der Waals surface area contributed by atoms with Crippen LogP contribution < -0.4 is 0 Å². The first kappa shape index (κ1) is 51.9. The van der Waals surface area contributed by atoms with E-state index in [4.69, 9.17) is 4.74 Å². The predicted octanol–water partition coefficient (Wildman–Crippen LogP) is 18.0. The van der Waals surface area contributed by atoms with E-state index in [1.165, 1.54) is 263 Å². The van der Waals surface area contributed by atoms with Crippen molar-refractivity contribution in [2.45, 2.75) is 315 Å². The van der Waals surface area contributed by atoms with Crippen LogP contribution >= 0.6 is 0 Å². The number of hydrogen-bond donors (Lipinski definition) is 1. The van der Waals surface area contributed by atoms with E-state index >= 15 is 0 Å². The van der Waals surface area contributed by atoms with Gasteiger partial charge in [-0.25, -0.2) is 0 Å². The number of unbranched alkanes of at least 4 members (excludes halogenated alkanes) is 38. The fourth-order valence-electron chi connectivity index (χ4n) is 8.20. The second-order valence-electron chi connectivity index (χ2n) is 17.4. The van der Waals surface area contributed by atoms with Crippen molar-refractivity contribution < 1.29 is 9.84 Å². The third-order valence-electron chi connectivity index (χ3n) is 11.9. The molecular formula is C50H102O2. The van der Waals surface area contributed by atoms with Gasteiger partial charge in [-0.15, -0.1) is 0 Å². The summed E-state index contributed by atoms with van der Waals surface area (Å²) < 4.78 is 6.49. The number of aliphatic hydroxyl groups is 1. The van der Waals surface area contributed by atoms with Gasteiger partial charge in [-0.3, -0.25) is 0 Å². The molecule has 0 aromatic carbocycles.